The predicted molar refractivity (Wildman–Crippen MR) is 63.2 cm³/mol. The fourth-order valence-electron chi connectivity index (χ4n) is 1.39. The topological polar surface area (TPSA) is 16.1 Å². The number of nitrogens with zero attached hydrogens (tertiary/aromatic N) is 2. The second kappa shape index (κ2) is 6.14. The fraction of sp³-hybridized carbons (Fsp3) is 0.545. The molecule has 2 nitrogen and oxygen atoms in total. The molecule has 0 spiro atoms. The third kappa shape index (κ3) is 3.76. The smallest absolute Gasteiger partial charge is 0.0544 e. The van der Waals surface area contributed by atoms with Gasteiger partial charge in [0.15, 0.2) is 0 Å². The van der Waals surface area contributed by atoms with E-state index in [2.05, 4.69) is 45.7 Å². The molecule has 14 heavy (non-hydrogen) atoms. The van der Waals surface area contributed by atoms with Crippen LogP contribution >= 0.6 is 15.9 Å². The van der Waals surface area contributed by atoms with E-state index in [1.807, 2.05) is 12.3 Å². The Morgan fingerprint density at radius 2 is 2.14 bits per heavy atom. The van der Waals surface area contributed by atoms with E-state index in [-0.39, 0.29) is 0 Å². The van der Waals surface area contributed by atoms with Crippen LogP contribution in [0.1, 0.15) is 26.0 Å². The highest BCUT2D eigenvalue weighted by molar-refractivity contribution is 9.10. The minimum absolute atomic E-state index is 0.956. The fourth-order valence-corrected chi connectivity index (χ4v) is 1.63. The average molecular weight is 257 g/mol. The molecule has 0 aromatic carbocycles. The van der Waals surface area contributed by atoms with E-state index >= 15 is 0 Å². The first kappa shape index (κ1) is 11.7. The van der Waals surface area contributed by atoms with Gasteiger partial charge >= 0.3 is 0 Å². The highest BCUT2D eigenvalue weighted by atomic mass is 79.9. The third-order valence-electron chi connectivity index (χ3n) is 2.16. The number of aromatic nitrogens is 1. The summed E-state index contributed by atoms with van der Waals surface area (Å²) in [6.07, 6.45) is 3.06. The maximum absolute atomic E-state index is 4.36. The molecule has 0 aliphatic heterocycles. The summed E-state index contributed by atoms with van der Waals surface area (Å²) >= 11 is 3.38. The summed E-state index contributed by atoms with van der Waals surface area (Å²) in [5.74, 6) is 0. The Hall–Kier alpha value is -0.410. The molecular formula is C11H17BrN2. The summed E-state index contributed by atoms with van der Waals surface area (Å²) < 4.78 is 1.04. The van der Waals surface area contributed by atoms with Gasteiger partial charge in [-0.25, -0.2) is 0 Å². The largest absolute Gasteiger partial charge is 0.298 e. The highest BCUT2D eigenvalue weighted by Crippen LogP contribution is 2.09. The van der Waals surface area contributed by atoms with Gasteiger partial charge in [-0.3, -0.25) is 9.88 Å². The summed E-state index contributed by atoms with van der Waals surface area (Å²) in [5, 5.41) is 0. The van der Waals surface area contributed by atoms with Crippen molar-refractivity contribution in [3.8, 4) is 0 Å². The summed E-state index contributed by atoms with van der Waals surface area (Å²) in [7, 11) is 0. The average Bonchev–Trinajstić information content (AvgIpc) is 2.20. The second-order valence-electron chi connectivity index (χ2n) is 3.34. The Balaban J connectivity index is 2.53. The molecule has 1 aromatic heterocycles. The molecule has 3 heteroatoms. The SMILES string of the molecule is CCCN(CC)Cc1ccc(Br)cn1. The maximum atomic E-state index is 4.36. The van der Waals surface area contributed by atoms with Gasteiger partial charge in [0.25, 0.3) is 0 Å². The van der Waals surface area contributed by atoms with Gasteiger partial charge in [-0.05, 0) is 47.6 Å². The van der Waals surface area contributed by atoms with Gasteiger partial charge in [-0.2, -0.15) is 0 Å². The van der Waals surface area contributed by atoms with E-state index in [9.17, 15) is 0 Å². The van der Waals surface area contributed by atoms with Crippen LogP contribution in [-0.2, 0) is 6.54 Å². The van der Waals surface area contributed by atoms with Crippen LogP contribution in [0.3, 0.4) is 0 Å². The molecule has 1 aromatic rings. The Morgan fingerprint density at radius 1 is 1.36 bits per heavy atom. The third-order valence-corrected chi connectivity index (χ3v) is 2.63. The standard InChI is InChI=1S/C11H17BrN2/c1-3-7-14(4-2)9-11-6-5-10(12)8-13-11/h5-6,8H,3-4,7,9H2,1-2H3. The Morgan fingerprint density at radius 3 is 2.64 bits per heavy atom. The van der Waals surface area contributed by atoms with E-state index in [0.717, 1.165) is 29.8 Å². The van der Waals surface area contributed by atoms with Gasteiger partial charge < -0.3 is 0 Å². The van der Waals surface area contributed by atoms with Crippen molar-refractivity contribution in [2.24, 2.45) is 0 Å². The minimum Gasteiger partial charge on any atom is -0.298 e. The second-order valence-corrected chi connectivity index (χ2v) is 4.25. The maximum Gasteiger partial charge on any atom is 0.0544 e. The number of rotatable bonds is 5. The first-order valence-electron chi connectivity index (χ1n) is 5.09. The van der Waals surface area contributed by atoms with Crippen LogP contribution in [0.5, 0.6) is 0 Å². The summed E-state index contributed by atoms with van der Waals surface area (Å²) in [6.45, 7) is 7.59. The van der Waals surface area contributed by atoms with Crippen molar-refractivity contribution in [2.75, 3.05) is 13.1 Å². The lowest BCUT2D eigenvalue weighted by atomic mass is 10.3. The number of halogens is 1. The lowest BCUT2D eigenvalue weighted by molar-refractivity contribution is 0.277. The quantitative estimate of drug-likeness (QED) is 0.805. The van der Waals surface area contributed by atoms with Crippen LogP contribution in [0, 0.1) is 0 Å². The molecule has 0 saturated carbocycles. The van der Waals surface area contributed by atoms with Crippen molar-refractivity contribution >= 4 is 15.9 Å². The molecule has 0 amide bonds. The zero-order valence-corrected chi connectivity index (χ0v) is 10.4. The first-order chi connectivity index (χ1) is 6.76. The number of pyridine rings is 1. The molecule has 1 rings (SSSR count). The Bertz CT molecular complexity index is 258. The van der Waals surface area contributed by atoms with E-state index < -0.39 is 0 Å². The van der Waals surface area contributed by atoms with Gasteiger partial charge in [0.1, 0.15) is 0 Å². The number of hydrogen-bond acceptors (Lipinski definition) is 2. The Kier molecular flexibility index (Phi) is 5.12. The molecule has 78 valence electrons. The van der Waals surface area contributed by atoms with Gasteiger partial charge in [-0.1, -0.05) is 13.8 Å². The zero-order valence-electron chi connectivity index (χ0n) is 8.83. The van der Waals surface area contributed by atoms with Crippen molar-refractivity contribution < 1.29 is 0 Å². The summed E-state index contributed by atoms with van der Waals surface area (Å²) in [6, 6.07) is 4.12. The summed E-state index contributed by atoms with van der Waals surface area (Å²) in [4.78, 5) is 6.76. The predicted octanol–water partition coefficient (Wildman–Crippen LogP) is 3.08. The molecule has 0 unspecified atom stereocenters. The molecule has 0 aliphatic carbocycles. The number of hydrogen-bond donors (Lipinski definition) is 0. The van der Waals surface area contributed by atoms with Crippen LogP contribution < -0.4 is 0 Å². The lowest BCUT2D eigenvalue weighted by Gasteiger charge is -2.18. The van der Waals surface area contributed by atoms with Crippen LogP contribution in [0.25, 0.3) is 0 Å². The molecule has 1 heterocycles. The van der Waals surface area contributed by atoms with E-state index in [4.69, 9.17) is 0 Å². The molecule has 0 fully saturated rings. The van der Waals surface area contributed by atoms with Crippen LogP contribution in [0.15, 0.2) is 22.8 Å². The molecule has 0 bridgehead atoms. The molecule has 0 aliphatic rings. The van der Waals surface area contributed by atoms with Gasteiger partial charge in [-0.15, -0.1) is 0 Å². The van der Waals surface area contributed by atoms with Gasteiger partial charge in [0.2, 0.25) is 0 Å². The summed E-state index contributed by atoms with van der Waals surface area (Å²) in [5.41, 5.74) is 1.14. The van der Waals surface area contributed by atoms with Crippen molar-refractivity contribution in [1.29, 1.82) is 0 Å². The monoisotopic (exact) mass is 256 g/mol. The Labute approximate surface area is 94.5 Å². The van der Waals surface area contributed by atoms with E-state index in [1.165, 1.54) is 6.42 Å². The normalized spacial score (nSPS) is 10.9. The van der Waals surface area contributed by atoms with Crippen LogP contribution in [0.4, 0.5) is 0 Å². The molecule has 0 atom stereocenters. The molecule has 0 radical (unpaired) electrons. The van der Waals surface area contributed by atoms with Crippen LogP contribution in [0.2, 0.25) is 0 Å². The van der Waals surface area contributed by atoms with Gasteiger partial charge in [0.05, 0.1) is 5.69 Å². The van der Waals surface area contributed by atoms with Crippen LogP contribution in [-0.4, -0.2) is 23.0 Å². The first-order valence-corrected chi connectivity index (χ1v) is 5.88. The zero-order chi connectivity index (χ0) is 10.4. The lowest BCUT2D eigenvalue weighted by Crippen LogP contribution is -2.23. The van der Waals surface area contributed by atoms with Gasteiger partial charge in [0, 0.05) is 17.2 Å². The van der Waals surface area contributed by atoms with Crippen molar-refractivity contribution in [2.45, 2.75) is 26.8 Å². The highest BCUT2D eigenvalue weighted by Gasteiger charge is 2.02. The van der Waals surface area contributed by atoms with Crippen molar-refractivity contribution in [1.82, 2.24) is 9.88 Å². The van der Waals surface area contributed by atoms with Crippen molar-refractivity contribution in [3.63, 3.8) is 0 Å². The van der Waals surface area contributed by atoms with E-state index in [1.54, 1.807) is 0 Å². The van der Waals surface area contributed by atoms with E-state index in [0.29, 0.717) is 0 Å². The molecule has 0 N–H and O–H groups in total. The molecular weight excluding hydrogens is 240 g/mol. The van der Waals surface area contributed by atoms with Crippen molar-refractivity contribution in [3.05, 3.63) is 28.5 Å². The minimum atomic E-state index is 0.956. The molecule has 0 saturated heterocycles.